The van der Waals surface area contributed by atoms with Gasteiger partial charge in [0.2, 0.25) is 12.7 Å². The molecule has 4 rings (SSSR count). The Labute approximate surface area is 132 Å². The van der Waals surface area contributed by atoms with Crippen LogP contribution in [0.1, 0.15) is 17.9 Å². The van der Waals surface area contributed by atoms with Gasteiger partial charge in [0.15, 0.2) is 11.5 Å². The summed E-state index contributed by atoms with van der Waals surface area (Å²) in [7, 11) is 0. The van der Waals surface area contributed by atoms with Gasteiger partial charge in [0.1, 0.15) is 5.75 Å². The van der Waals surface area contributed by atoms with Gasteiger partial charge in [0.25, 0.3) is 0 Å². The minimum Gasteiger partial charge on any atom is -0.454 e. The maximum absolute atomic E-state index is 12.5. The van der Waals surface area contributed by atoms with E-state index >= 15 is 0 Å². The van der Waals surface area contributed by atoms with Gasteiger partial charge in [0, 0.05) is 18.2 Å². The van der Waals surface area contributed by atoms with Crippen LogP contribution in [0.25, 0.3) is 0 Å². The molecule has 0 spiro atoms. The lowest BCUT2D eigenvalue weighted by Crippen LogP contribution is -2.29. The summed E-state index contributed by atoms with van der Waals surface area (Å²) in [6.45, 7) is 0.156. The molecule has 0 aromatic heterocycles. The van der Waals surface area contributed by atoms with E-state index in [1.807, 2.05) is 18.2 Å². The fourth-order valence-electron chi connectivity index (χ4n) is 2.75. The molecule has 116 valence electrons. The Morgan fingerprint density at radius 2 is 1.96 bits per heavy atom. The molecule has 0 bridgehead atoms. The summed E-state index contributed by atoms with van der Waals surface area (Å²) in [5.41, 5.74) is 1.41. The molecule has 0 saturated carbocycles. The molecule has 23 heavy (non-hydrogen) atoms. The van der Waals surface area contributed by atoms with Crippen LogP contribution in [0, 0.1) is 0 Å². The van der Waals surface area contributed by atoms with Crippen LogP contribution in [0.2, 0.25) is 0 Å². The lowest BCUT2D eigenvalue weighted by Gasteiger charge is -2.24. The van der Waals surface area contributed by atoms with Crippen LogP contribution in [-0.2, 0) is 9.59 Å². The molecule has 2 aliphatic heterocycles. The highest BCUT2D eigenvalue weighted by Crippen LogP contribution is 2.37. The van der Waals surface area contributed by atoms with Gasteiger partial charge < -0.3 is 19.5 Å². The van der Waals surface area contributed by atoms with Crippen molar-refractivity contribution < 1.29 is 23.8 Å². The van der Waals surface area contributed by atoms with Crippen LogP contribution < -0.4 is 19.5 Å². The van der Waals surface area contributed by atoms with Crippen molar-refractivity contribution in [3.8, 4) is 17.2 Å². The van der Waals surface area contributed by atoms with Crippen LogP contribution in [0.3, 0.4) is 0 Å². The van der Waals surface area contributed by atoms with E-state index in [-0.39, 0.29) is 19.1 Å². The highest BCUT2D eigenvalue weighted by Gasteiger charge is 2.32. The molecule has 2 aromatic rings. The van der Waals surface area contributed by atoms with Crippen LogP contribution in [-0.4, -0.2) is 18.7 Å². The van der Waals surface area contributed by atoms with Crippen molar-refractivity contribution in [2.75, 3.05) is 12.1 Å². The molecule has 6 nitrogen and oxygen atoms in total. The van der Waals surface area contributed by atoms with E-state index in [4.69, 9.17) is 14.2 Å². The molecule has 2 heterocycles. The molecule has 2 aromatic carbocycles. The number of benzene rings is 2. The van der Waals surface area contributed by atoms with Crippen LogP contribution in [0.4, 0.5) is 5.69 Å². The van der Waals surface area contributed by atoms with Crippen LogP contribution >= 0.6 is 0 Å². The first-order valence-corrected chi connectivity index (χ1v) is 7.21. The number of anilines is 1. The molecule has 1 atom stereocenters. The molecule has 0 radical (unpaired) electrons. The summed E-state index contributed by atoms with van der Waals surface area (Å²) in [4.78, 5) is 24.3. The second kappa shape index (κ2) is 5.31. The Balaban J connectivity index is 1.59. The van der Waals surface area contributed by atoms with Crippen molar-refractivity contribution in [3.05, 3.63) is 48.0 Å². The number of carbonyl (C=O) groups excluding carboxylic acids is 2. The number of hydrogen-bond acceptors (Lipinski definition) is 5. The third kappa shape index (κ3) is 2.48. The predicted octanol–water partition coefficient (Wildman–Crippen LogP) is 2.45. The van der Waals surface area contributed by atoms with Gasteiger partial charge in [-0.15, -0.1) is 0 Å². The lowest BCUT2D eigenvalue weighted by atomic mass is 9.91. The number of ether oxygens (including phenoxy) is 3. The third-order valence-corrected chi connectivity index (χ3v) is 3.85. The van der Waals surface area contributed by atoms with Crippen molar-refractivity contribution >= 4 is 17.6 Å². The van der Waals surface area contributed by atoms with E-state index in [9.17, 15) is 9.59 Å². The zero-order valence-electron chi connectivity index (χ0n) is 12.1. The van der Waals surface area contributed by atoms with E-state index in [1.54, 1.807) is 24.3 Å². The molecule has 1 amide bonds. The molecule has 0 unspecified atom stereocenters. The normalized spacial score (nSPS) is 18.1. The second-order valence-electron chi connectivity index (χ2n) is 5.33. The first kappa shape index (κ1) is 13.6. The Morgan fingerprint density at radius 3 is 2.87 bits per heavy atom. The van der Waals surface area contributed by atoms with Crippen molar-refractivity contribution in [1.82, 2.24) is 0 Å². The predicted molar refractivity (Wildman–Crippen MR) is 80.6 cm³/mol. The first-order valence-electron chi connectivity index (χ1n) is 7.21. The summed E-state index contributed by atoms with van der Waals surface area (Å²) in [6.07, 6.45) is 0.0698. The maximum atomic E-state index is 12.5. The molecule has 2 aliphatic rings. The zero-order valence-corrected chi connectivity index (χ0v) is 12.1. The second-order valence-corrected chi connectivity index (χ2v) is 5.33. The van der Waals surface area contributed by atoms with Gasteiger partial charge in [-0.25, -0.2) is 0 Å². The van der Waals surface area contributed by atoms with E-state index in [1.165, 1.54) is 0 Å². The highest BCUT2D eigenvalue weighted by molar-refractivity contribution is 6.00. The van der Waals surface area contributed by atoms with Crippen LogP contribution in [0.5, 0.6) is 17.2 Å². The first-order chi connectivity index (χ1) is 11.2. The van der Waals surface area contributed by atoms with Gasteiger partial charge >= 0.3 is 5.97 Å². The number of nitrogens with one attached hydrogen (secondary N) is 1. The SMILES string of the molecule is O=C1C[C@@H](C(=O)Oc2ccc3c(c2)OCO3)c2ccccc2N1. The van der Waals surface area contributed by atoms with E-state index in [0.29, 0.717) is 22.9 Å². The number of esters is 1. The zero-order chi connectivity index (χ0) is 15.8. The molecule has 0 fully saturated rings. The van der Waals surface area contributed by atoms with E-state index in [2.05, 4.69) is 5.32 Å². The Kier molecular flexibility index (Phi) is 3.15. The Hall–Kier alpha value is -3.02. The topological polar surface area (TPSA) is 73.9 Å². The van der Waals surface area contributed by atoms with Crippen molar-refractivity contribution in [3.63, 3.8) is 0 Å². The Bertz CT molecular complexity index is 801. The van der Waals surface area contributed by atoms with E-state index in [0.717, 1.165) is 5.56 Å². The summed E-state index contributed by atoms with van der Waals surface area (Å²) in [5, 5.41) is 2.76. The number of carbonyl (C=O) groups is 2. The van der Waals surface area contributed by atoms with Gasteiger partial charge in [-0.2, -0.15) is 0 Å². The van der Waals surface area contributed by atoms with Crippen molar-refractivity contribution in [2.24, 2.45) is 0 Å². The fourth-order valence-corrected chi connectivity index (χ4v) is 2.75. The smallest absolute Gasteiger partial charge is 0.319 e. The average Bonchev–Trinajstić information content (AvgIpc) is 3.01. The molecule has 0 aliphatic carbocycles. The summed E-state index contributed by atoms with van der Waals surface area (Å²) >= 11 is 0. The van der Waals surface area contributed by atoms with Gasteiger partial charge in [-0.1, -0.05) is 18.2 Å². The highest BCUT2D eigenvalue weighted by atomic mass is 16.7. The van der Waals surface area contributed by atoms with E-state index < -0.39 is 11.9 Å². The third-order valence-electron chi connectivity index (χ3n) is 3.85. The summed E-state index contributed by atoms with van der Waals surface area (Å²) in [6, 6.07) is 12.2. The number of amides is 1. The molecule has 1 N–H and O–H groups in total. The van der Waals surface area contributed by atoms with Gasteiger partial charge in [-0.05, 0) is 23.8 Å². The standard InChI is InChI=1S/C17H13NO5/c19-16-8-12(11-3-1-2-4-13(11)18-16)17(20)23-10-5-6-14-15(7-10)22-9-21-14/h1-7,12H,8-9H2,(H,18,19)/t12-/m1/s1. The molecular formula is C17H13NO5. The fraction of sp³-hybridized carbons (Fsp3) is 0.176. The van der Waals surface area contributed by atoms with Gasteiger partial charge in [0.05, 0.1) is 5.92 Å². The maximum Gasteiger partial charge on any atom is 0.319 e. The Morgan fingerprint density at radius 1 is 1.13 bits per heavy atom. The lowest BCUT2D eigenvalue weighted by molar-refractivity contribution is -0.138. The van der Waals surface area contributed by atoms with Crippen molar-refractivity contribution in [1.29, 1.82) is 0 Å². The number of para-hydroxylation sites is 1. The minimum absolute atomic E-state index is 0.0698. The number of fused-ring (bicyclic) bond motifs is 2. The van der Waals surface area contributed by atoms with Crippen LogP contribution in [0.15, 0.2) is 42.5 Å². The molecular weight excluding hydrogens is 298 g/mol. The summed E-state index contributed by atoms with van der Waals surface area (Å²) < 4.78 is 15.9. The van der Waals surface area contributed by atoms with Gasteiger partial charge in [-0.3, -0.25) is 9.59 Å². The summed E-state index contributed by atoms with van der Waals surface area (Å²) in [5.74, 6) is 0.236. The monoisotopic (exact) mass is 311 g/mol. The largest absolute Gasteiger partial charge is 0.454 e. The minimum atomic E-state index is -0.620. The van der Waals surface area contributed by atoms with Crippen molar-refractivity contribution in [2.45, 2.75) is 12.3 Å². The molecule has 0 saturated heterocycles. The molecule has 6 heteroatoms. The number of rotatable bonds is 2. The number of hydrogen-bond donors (Lipinski definition) is 1. The average molecular weight is 311 g/mol. The quantitative estimate of drug-likeness (QED) is 0.681.